The lowest BCUT2D eigenvalue weighted by molar-refractivity contribution is -0.385. The standard InChI is InChI=1S/C13H19BrN2O2/c1-2-3-4-5-8-15-10-11-6-7-12(14)9-13(11)16(17)18/h6-7,9,15H,2-5,8,10H2,1H3. The van der Waals surface area contributed by atoms with Crippen LogP contribution in [0, 0.1) is 10.1 Å². The van der Waals surface area contributed by atoms with Gasteiger partial charge in [-0.05, 0) is 25.1 Å². The lowest BCUT2D eigenvalue weighted by Crippen LogP contribution is -2.15. The van der Waals surface area contributed by atoms with Crippen molar-refractivity contribution in [3.8, 4) is 0 Å². The molecule has 5 heteroatoms. The average molecular weight is 315 g/mol. The highest BCUT2D eigenvalue weighted by Crippen LogP contribution is 2.23. The second-order valence-corrected chi connectivity index (χ2v) is 5.18. The lowest BCUT2D eigenvalue weighted by atomic mass is 10.1. The van der Waals surface area contributed by atoms with Crippen molar-refractivity contribution in [3.63, 3.8) is 0 Å². The van der Waals surface area contributed by atoms with E-state index in [1.807, 2.05) is 6.07 Å². The van der Waals surface area contributed by atoms with E-state index < -0.39 is 0 Å². The molecule has 0 saturated carbocycles. The number of halogens is 1. The highest BCUT2D eigenvalue weighted by Gasteiger charge is 2.13. The third-order valence-electron chi connectivity index (χ3n) is 2.77. The Labute approximate surface area is 116 Å². The van der Waals surface area contributed by atoms with Crippen LogP contribution >= 0.6 is 15.9 Å². The van der Waals surface area contributed by atoms with E-state index in [2.05, 4.69) is 28.2 Å². The molecule has 1 N–H and O–H groups in total. The first-order valence-electron chi connectivity index (χ1n) is 6.28. The molecule has 0 aliphatic rings. The molecule has 0 aliphatic carbocycles. The van der Waals surface area contributed by atoms with Crippen LogP contribution in [0.3, 0.4) is 0 Å². The van der Waals surface area contributed by atoms with E-state index in [4.69, 9.17) is 0 Å². The molecule has 0 saturated heterocycles. The number of hydrogen-bond donors (Lipinski definition) is 1. The van der Waals surface area contributed by atoms with Crippen molar-refractivity contribution in [1.29, 1.82) is 0 Å². The fourth-order valence-electron chi connectivity index (χ4n) is 1.76. The molecule has 1 aromatic rings. The van der Waals surface area contributed by atoms with Gasteiger partial charge in [-0.2, -0.15) is 0 Å². The summed E-state index contributed by atoms with van der Waals surface area (Å²) in [5, 5.41) is 14.2. The van der Waals surface area contributed by atoms with Gasteiger partial charge < -0.3 is 5.32 Å². The molecule has 18 heavy (non-hydrogen) atoms. The van der Waals surface area contributed by atoms with Gasteiger partial charge in [0.25, 0.3) is 5.69 Å². The second-order valence-electron chi connectivity index (χ2n) is 4.27. The monoisotopic (exact) mass is 314 g/mol. The normalized spacial score (nSPS) is 10.6. The molecule has 0 fully saturated rings. The third kappa shape index (κ3) is 5.14. The highest BCUT2D eigenvalue weighted by atomic mass is 79.9. The maximum atomic E-state index is 10.9. The maximum Gasteiger partial charge on any atom is 0.275 e. The summed E-state index contributed by atoms with van der Waals surface area (Å²) in [7, 11) is 0. The van der Waals surface area contributed by atoms with Gasteiger partial charge in [0.15, 0.2) is 0 Å². The number of hydrogen-bond acceptors (Lipinski definition) is 3. The van der Waals surface area contributed by atoms with Crippen LogP contribution in [0.15, 0.2) is 22.7 Å². The minimum atomic E-state index is -0.334. The first kappa shape index (κ1) is 15.1. The zero-order valence-electron chi connectivity index (χ0n) is 10.6. The molecule has 0 amide bonds. The van der Waals surface area contributed by atoms with Crippen molar-refractivity contribution in [2.45, 2.75) is 39.2 Å². The lowest BCUT2D eigenvalue weighted by Gasteiger charge is -2.06. The van der Waals surface area contributed by atoms with E-state index in [9.17, 15) is 10.1 Å². The second kappa shape index (κ2) is 8.21. The van der Waals surface area contributed by atoms with Gasteiger partial charge in [0, 0.05) is 22.6 Å². The minimum Gasteiger partial charge on any atom is -0.312 e. The first-order chi connectivity index (χ1) is 8.65. The quantitative estimate of drug-likeness (QED) is 0.448. The van der Waals surface area contributed by atoms with Crippen molar-refractivity contribution in [2.24, 2.45) is 0 Å². The summed E-state index contributed by atoms with van der Waals surface area (Å²) in [5.74, 6) is 0. The van der Waals surface area contributed by atoms with Gasteiger partial charge in [-0.3, -0.25) is 10.1 Å². The van der Waals surface area contributed by atoms with E-state index in [0.717, 1.165) is 23.0 Å². The Hall–Kier alpha value is -0.940. The molecular weight excluding hydrogens is 296 g/mol. The molecule has 0 spiro atoms. The van der Waals surface area contributed by atoms with Crippen LogP contribution in [0.25, 0.3) is 0 Å². The van der Waals surface area contributed by atoms with Crippen molar-refractivity contribution >= 4 is 21.6 Å². The van der Waals surface area contributed by atoms with Crippen LogP contribution in [0.1, 0.15) is 38.2 Å². The van der Waals surface area contributed by atoms with Crippen LogP contribution in [-0.2, 0) is 6.54 Å². The topological polar surface area (TPSA) is 55.2 Å². The summed E-state index contributed by atoms with van der Waals surface area (Å²) in [4.78, 5) is 10.6. The van der Waals surface area contributed by atoms with Gasteiger partial charge in [0.1, 0.15) is 0 Å². The SMILES string of the molecule is CCCCCCNCc1ccc(Br)cc1[N+](=O)[O-]. The van der Waals surface area contributed by atoms with Crippen molar-refractivity contribution in [2.75, 3.05) is 6.54 Å². The van der Waals surface area contributed by atoms with Gasteiger partial charge in [-0.1, -0.05) is 42.1 Å². The van der Waals surface area contributed by atoms with Crippen molar-refractivity contribution in [3.05, 3.63) is 38.3 Å². The molecule has 0 aliphatic heterocycles. The fraction of sp³-hybridized carbons (Fsp3) is 0.538. The van der Waals surface area contributed by atoms with Gasteiger partial charge in [-0.15, -0.1) is 0 Å². The maximum absolute atomic E-state index is 10.9. The smallest absolute Gasteiger partial charge is 0.275 e. The molecule has 4 nitrogen and oxygen atoms in total. The molecule has 0 bridgehead atoms. The third-order valence-corrected chi connectivity index (χ3v) is 3.26. The molecular formula is C13H19BrN2O2. The van der Waals surface area contributed by atoms with Crippen molar-refractivity contribution < 1.29 is 4.92 Å². The summed E-state index contributed by atoms with van der Waals surface area (Å²) in [6, 6.07) is 5.18. The fourth-order valence-corrected chi connectivity index (χ4v) is 2.11. The predicted molar refractivity (Wildman–Crippen MR) is 76.6 cm³/mol. The Morgan fingerprint density at radius 3 is 2.78 bits per heavy atom. The Bertz CT molecular complexity index is 397. The Morgan fingerprint density at radius 1 is 1.33 bits per heavy atom. The summed E-state index contributed by atoms with van der Waals surface area (Å²) < 4.78 is 0.737. The molecule has 100 valence electrons. The number of rotatable bonds is 8. The molecule has 0 radical (unpaired) electrons. The number of benzene rings is 1. The van der Waals surface area contributed by atoms with E-state index >= 15 is 0 Å². The molecule has 0 atom stereocenters. The minimum absolute atomic E-state index is 0.172. The number of nitro benzene ring substituents is 1. The number of nitrogens with one attached hydrogen (secondary N) is 1. The van der Waals surface area contributed by atoms with Gasteiger partial charge in [0.2, 0.25) is 0 Å². The van der Waals surface area contributed by atoms with Crippen LogP contribution in [-0.4, -0.2) is 11.5 Å². The zero-order valence-corrected chi connectivity index (χ0v) is 12.2. The van der Waals surface area contributed by atoms with E-state index in [1.165, 1.54) is 19.3 Å². The highest BCUT2D eigenvalue weighted by molar-refractivity contribution is 9.10. The van der Waals surface area contributed by atoms with Gasteiger partial charge >= 0.3 is 0 Å². The average Bonchev–Trinajstić information content (AvgIpc) is 2.35. The largest absolute Gasteiger partial charge is 0.312 e. The first-order valence-corrected chi connectivity index (χ1v) is 7.08. The predicted octanol–water partition coefficient (Wildman–Crippen LogP) is 4.03. The molecule has 0 heterocycles. The van der Waals surface area contributed by atoms with Crippen molar-refractivity contribution in [1.82, 2.24) is 5.32 Å². The zero-order chi connectivity index (χ0) is 13.4. The number of nitro groups is 1. The van der Waals surface area contributed by atoms with Crippen LogP contribution in [0.2, 0.25) is 0 Å². The van der Waals surface area contributed by atoms with E-state index in [-0.39, 0.29) is 10.6 Å². The van der Waals surface area contributed by atoms with E-state index in [0.29, 0.717) is 6.54 Å². The molecule has 1 rings (SSSR count). The Morgan fingerprint density at radius 2 is 2.11 bits per heavy atom. The molecule has 0 unspecified atom stereocenters. The van der Waals surface area contributed by atoms with Crippen LogP contribution in [0.4, 0.5) is 5.69 Å². The number of nitrogens with zero attached hydrogens (tertiary/aromatic N) is 1. The van der Waals surface area contributed by atoms with Gasteiger partial charge in [-0.25, -0.2) is 0 Å². The van der Waals surface area contributed by atoms with Gasteiger partial charge in [0.05, 0.1) is 4.92 Å². The summed E-state index contributed by atoms with van der Waals surface area (Å²) in [5.41, 5.74) is 0.907. The summed E-state index contributed by atoms with van der Waals surface area (Å²) in [6.07, 6.45) is 4.81. The van der Waals surface area contributed by atoms with Crippen LogP contribution in [0.5, 0.6) is 0 Å². The number of unbranched alkanes of at least 4 members (excludes halogenated alkanes) is 3. The summed E-state index contributed by atoms with van der Waals surface area (Å²) in [6.45, 7) is 3.64. The Kier molecular flexibility index (Phi) is 6.90. The Balaban J connectivity index is 2.44. The molecule has 0 aromatic heterocycles. The summed E-state index contributed by atoms with van der Waals surface area (Å²) >= 11 is 3.25. The molecule has 1 aromatic carbocycles. The van der Waals surface area contributed by atoms with Crippen LogP contribution < -0.4 is 5.32 Å². The van der Waals surface area contributed by atoms with E-state index in [1.54, 1.807) is 12.1 Å².